The second-order valence-electron chi connectivity index (χ2n) is 5.95. The predicted octanol–water partition coefficient (Wildman–Crippen LogP) is 4.70. The first kappa shape index (κ1) is 16.2. The molecule has 0 bridgehead atoms. The lowest BCUT2D eigenvalue weighted by atomic mass is 9.93. The van der Waals surface area contributed by atoms with E-state index in [1.54, 1.807) is 12.1 Å². The summed E-state index contributed by atoms with van der Waals surface area (Å²) in [5.41, 5.74) is 0.893. The molecule has 0 unspecified atom stereocenters. The lowest BCUT2D eigenvalue weighted by Gasteiger charge is -2.24. The summed E-state index contributed by atoms with van der Waals surface area (Å²) in [6.45, 7) is 2.79. The standard InChI is InChI=1S/C16H23ClN2O2/c1-12(13-6-4-2-3-5-7-13)18-11-14-10-15(19(20)21)8-9-16(14)17/h8-10,12-13,18H,2-7,11H2,1H3/t12-/m0/s1. The van der Waals surface area contributed by atoms with Crippen LogP contribution >= 0.6 is 11.6 Å². The van der Waals surface area contributed by atoms with Gasteiger partial charge in [-0.3, -0.25) is 10.1 Å². The Labute approximate surface area is 131 Å². The van der Waals surface area contributed by atoms with E-state index in [-0.39, 0.29) is 10.6 Å². The minimum Gasteiger partial charge on any atom is -0.310 e. The van der Waals surface area contributed by atoms with Crippen LogP contribution < -0.4 is 5.32 Å². The molecule has 0 amide bonds. The van der Waals surface area contributed by atoms with Gasteiger partial charge in [0, 0.05) is 29.7 Å². The summed E-state index contributed by atoms with van der Waals surface area (Å²) in [6, 6.07) is 5.03. The molecule has 1 fully saturated rings. The van der Waals surface area contributed by atoms with Crippen LogP contribution in [0.5, 0.6) is 0 Å². The Kier molecular flexibility index (Phi) is 6.00. The normalized spacial score (nSPS) is 18.2. The van der Waals surface area contributed by atoms with E-state index in [2.05, 4.69) is 12.2 Å². The van der Waals surface area contributed by atoms with Crippen molar-refractivity contribution >= 4 is 17.3 Å². The van der Waals surface area contributed by atoms with Gasteiger partial charge in [-0.05, 0) is 37.3 Å². The van der Waals surface area contributed by atoms with Crippen LogP contribution in [-0.2, 0) is 6.54 Å². The molecule has 5 heteroatoms. The molecule has 4 nitrogen and oxygen atoms in total. The highest BCUT2D eigenvalue weighted by molar-refractivity contribution is 6.31. The van der Waals surface area contributed by atoms with Crippen molar-refractivity contribution < 1.29 is 4.92 Å². The van der Waals surface area contributed by atoms with Crippen molar-refractivity contribution in [2.75, 3.05) is 0 Å². The van der Waals surface area contributed by atoms with Gasteiger partial charge in [-0.25, -0.2) is 0 Å². The molecular weight excluding hydrogens is 288 g/mol. The molecule has 2 rings (SSSR count). The van der Waals surface area contributed by atoms with Gasteiger partial charge in [0.15, 0.2) is 0 Å². The molecule has 0 heterocycles. The van der Waals surface area contributed by atoms with Crippen molar-refractivity contribution in [2.24, 2.45) is 5.92 Å². The first-order valence-corrected chi connectivity index (χ1v) is 8.12. The van der Waals surface area contributed by atoms with Gasteiger partial charge < -0.3 is 5.32 Å². The van der Waals surface area contributed by atoms with E-state index in [0.717, 1.165) is 5.56 Å². The average Bonchev–Trinajstić information content (AvgIpc) is 2.75. The first-order chi connectivity index (χ1) is 10.1. The van der Waals surface area contributed by atoms with Crippen molar-refractivity contribution in [1.29, 1.82) is 0 Å². The van der Waals surface area contributed by atoms with Crippen LogP contribution in [0.3, 0.4) is 0 Å². The van der Waals surface area contributed by atoms with E-state index in [1.807, 2.05) is 0 Å². The van der Waals surface area contributed by atoms with Crippen LogP contribution in [0.4, 0.5) is 5.69 Å². The number of nitrogens with zero attached hydrogens (tertiary/aromatic N) is 1. The number of hydrogen-bond acceptors (Lipinski definition) is 3. The van der Waals surface area contributed by atoms with Crippen LogP contribution in [0.1, 0.15) is 51.0 Å². The van der Waals surface area contributed by atoms with Gasteiger partial charge in [-0.15, -0.1) is 0 Å². The van der Waals surface area contributed by atoms with Crippen molar-refractivity contribution in [1.82, 2.24) is 5.32 Å². The van der Waals surface area contributed by atoms with Crippen molar-refractivity contribution in [2.45, 2.75) is 58.0 Å². The highest BCUT2D eigenvalue weighted by atomic mass is 35.5. The SMILES string of the molecule is C[C@H](NCc1cc([N+](=O)[O-])ccc1Cl)C1CCCCCC1. The Bertz CT molecular complexity index is 485. The third kappa shape index (κ3) is 4.68. The highest BCUT2D eigenvalue weighted by Crippen LogP contribution is 2.26. The van der Waals surface area contributed by atoms with Gasteiger partial charge >= 0.3 is 0 Å². The quantitative estimate of drug-likeness (QED) is 0.487. The molecule has 1 aromatic carbocycles. The van der Waals surface area contributed by atoms with Gasteiger partial charge in [0.1, 0.15) is 0 Å². The molecule has 0 radical (unpaired) electrons. The van der Waals surface area contributed by atoms with Gasteiger partial charge in [-0.2, -0.15) is 0 Å². The van der Waals surface area contributed by atoms with Gasteiger partial charge in [0.25, 0.3) is 5.69 Å². The topological polar surface area (TPSA) is 55.2 Å². The maximum Gasteiger partial charge on any atom is 0.269 e. The molecule has 1 aromatic rings. The minimum absolute atomic E-state index is 0.0957. The summed E-state index contributed by atoms with van der Waals surface area (Å²) in [6.07, 6.45) is 7.87. The predicted molar refractivity (Wildman–Crippen MR) is 85.6 cm³/mol. The average molecular weight is 311 g/mol. The maximum atomic E-state index is 10.8. The van der Waals surface area contributed by atoms with Crippen LogP contribution in [0.15, 0.2) is 18.2 Å². The number of nitrogens with one attached hydrogen (secondary N) is 1. The number of nitro benzene ring substituents is 1. The zero-order chi connectivity index (χ0) is 15.2. The Balaban J connectivity index is 1.95. The summed E-state index contributed by atoms with van der Waals surface area (Å²) in [4.78, 5) is 10.4. The third-order valence-corrected chi connectivity index (χ3v) is 4.83. The van der Waals surface area contributed by atoms with E-state index in [9.17, 15) is 10.1 Å². The highest BCUT2D eigenvalue weighted by Gasteiger charge is 2.19. The van der Waals surface area contributed by atoms with E-state index in [0.29, 0.717) is 23.5 Å². The monoisotopic (exact) mass is 310 g/mol. The fraction of sp³-hybridized carbons (Fsp3) is 0.625. The Hall–Kier alpha value is -1.13. The largest absolute Gasteiger partial charge is 0.310 e. The summed E-state index contributed by atoms with van der Waals surface area (Å²) in [5, 5.41) is 14.9. The zero-order valence-electron chi connectivity index (χ0n) is 12.5. The molecule has 21 heavy (non-hydrogen) atoms. The lowest BCUT2D eigenvalue weighted by Crippen LogP contribution is -2.33. The molecule has 1 atom stereocenters. The summed E-state index contributed by atoms with van der Waals surface area (Å²) in [7, 11) is 0. The lowest BCUT2D eigenvalue weighted by molar-refractivity contribution is -0.384. The number of hydrogen-bond donors (Lipinski definition) is 1. The number of nitro groups is 1. The Morgan fingerprint density at radius 2 is 2.00 bits per heavy atom. The molecule has 1 N–H and O–H groups in total. The fourth-order valence-corrected chi connectivity index (χ4v) is 3.24. The van der Waals surface area contributed by atoms with Crippen LogP contribution in [0.2, 0.25) is 5.02 Å². The number of rotatable bonds is 5. The maximum absolute atomic E-state index is 10.8. The van der Waals surface area contributed by atoms with E-state index in [4.69, 9.17) is 11.6 Å². The molecule has 1 saturated carbocycles. The van der Waals surface area contributed by atoms with Crippen molar-refractivity contribution in [3.05, 3.63) is 38.9 Å². The molecule has 0 aromatic heterocycles. The van der Waals surface area contributed by atoms with Crippen molar-refractivity contribution in [3.8, 4) is 0 Å². The third-order valence-electron chi connectivity index (χ3n) is 4.46. The van der Waals surface area contributed by atoms with E-state index < -0.39 is 0 Å². The van der Waals surface area contributed by atoms with Gasteiger partial charge in [0.05, 0.1) is 4.92 Å². The van der Waals surface area contributed by atoms with Gasteiger partial charge in [0.2, 0.25) is 0 Å². The minimum atomic E-state index is -0.380. The Morgan fingerprint density at radius 3 is 2.62 bits per heavy atom. The zero-order valence-corrected chi connectivity index (χ0v) is 13.2. The number of non-ortho nitro benzene ring substituents is 1. The molecule has 1 aliphatic rings. The van der Waals surface area contributed by atoms with E-state index >= 15 is 0 Å². The molecular formula is C16H23ClN2O2. The Morgan fingerprint density at radius 1 is 1.33 bits per heavy atom. The molecule has 0 aliphatic heterocycles. The molecule has 0 spiro atoms. The molecule has 0 saturated heterocycles. The van der Waals surface area contributed by atoms with E-state index in [1.165, 1.54) is 44.6 Å². The smallest absolute Gasteiger partial charge is 0.269 e. The summed E-state index contributed by atoms with van der Waals surface area (Å²) in [5.74, 6) is 0.699. The molecule has 1 aliphatic carbocycles. The number of halogens is 1. The second kappa shape index (κ2) is 7.76. The first-order valence-electron chi connectivity index (χ1n) is 7.74. The second-order valence-corrected chi connectivity index (χ2v) is 6.36. The fourth-order valence-electron chi connectivity index (χ4n) is 3.06. The van der Waals surface area contributed by atoms with Gasteiger partial charge in [-0.1, -0.05) is 37.3 Å². The summed E-state index contributed by atoms with van der Waals surface area (Å²) < 4.78 is 0. The van der Waals surface area contributed by atoms with Crippen LogP contribution in [-0.4, -0.2) is 11.0 Å². The summed E-state index contributed by atoms with van der Waals surface area (Å²) >= 11 is 6.13. The van der Waals surface area contributed by atoms with Crippen molar-refractivity contribution in [3.63, 3.8) is 0 Å². The molecule has 116 valence electrons. The van der Waals surface area contributed by atoms with Crippen LogP contribution in [0, 0.1) is 16.0 Å². The number of benzene rings is 1. The van der Waals surface area contributed by atoms with Crippen LogP contribution in [0.25, 0.3) is 0 Å².